The highest BCUT2D eigenvalue weighted by Gasteiger charge is 2.34. The van der Waals surface area contributed by atoms with Crippen LogP contribution in [0.3, 0.4) is 0 Å². The third kappa shape index (κ3) is 5.15. The molecule has 1 aromatic heterocycles. The number of para-hydroxylation sites is 1. The van der Waals surface area contributed by atoms with Crippen LogP contribution >= 0.6 is 0 Å². The van der Waals surface area contributed by atoms with Gasteiger partial charge >= 0.3 is 5.97 Å². The molecule has 5 rings (SSSR count). The van der Waals surface area contributed by atoms with Crippen LogP contribution < -0.4 is 4.74 Å². The molecule has 0 bridgehead atoms. The summed E-state index contributed by atoms with van der Waals surface area (Å²) < 4.78 is 34.6. The molecule has 9 heteroatoms. The molecule has 0 N–H and O–H groups in total. The van der Waals surface area contributed by atoms with Crippen LogP contribution in [-0.4, -0.2) is 68.0 Å². The van der Waals surface area contributed by atoms with Crippen LogP contribution in [0.2, 0.25) is 0 Å². The molecule has 2 heterocycles. The topological polar surface area (TPSA) is 103 Å². The minimum absolute atomic E-state index is 0.0493. The van der Waals surface area contributed by atoms with Crippen LogP contribution in [0.15, 0.2) is 48.5 Å². The number of carbonyl (C=O) groups is 2. The fourth-order valence-corrected chi connectivity index (χ4v) is 7.09. The molecule has 1 atom stereocenters. The number of hydrogen-bond acceptors (Lipinski definition) is 7. The fraction of sp³-hybridized carbons (Fsp3) is 0.345. The number of allylic oxidation sites excluding steroid dienone is 1. The summed E-state index contributed by atoms with van der Waals surface area (Å²) in [5.74, 6) is -0.166. The number of sulfone groups is 1. The lowest BCUT2D eigenvalue weighted by atomic mass is 10.0. The Bertz CT molecular complexity index is 1530. The van der Waals surface area contributed by atoms with Crippen molar-refractivity contribution in [1.29, 1.82) is 0 Å². The van der Waals surface area contributed by atoms with Gasteiger partial charge in [0.1, 0.15) is 5.75 Å². The van der Waals surface area contributed by atoms with Crippen molar-refractivity contribution in [3.8, 4) is 5.75 Å². The quantitative estimate of drug-likeness (QED) is 0.423. The second-order valence-electron chi connectivity index (χ2n) is 9.59. The van der Waals surface area contributed by atoms with E-state index >= 15 is 0 Å². The molecule has 1 fully saturated rings. The van der Waals surface area contributed by atoms with Crippen molar-refractivity contribution in [2.45, 2.75) is 32.2 Å². The number of pyridine rings is 1. The Balaban J connectivity index is 1.42. The second kappa shape index (κ2) is 10.6. The first kappa shape index (κ1) is 25.9. The zero-order valence-corrected chi connectivity index (χ0v) is 22.3. The Morgan fingerprint density at radius 3 is 2.55 bits per heavy atom. The zero-order valence-electron chi connectivity index (χ0n) is 21.5. The van der Waals surface area contributed by atoms with E-state index in [4.69, 9.17) is 14.5 Å². The van der Waals surface area contributed by atoms with Gasteiger partial charge in [0.15, 0.2) is 16.4 Å². The molecule has 3 aromatic rings. The lowest BCUT2D eigenvalue weighted by Gasteiger charge is -2.26. The van der Waals surface area contributed by atoms with E-state index in [1.807, 2.05) is 48.5 Å². The lowest BCUT2D eigenvalue weighted by molar-refractivity contribution is -0.136. The van der Waals surface area contributed by atoms with E-state index < -0.39 is 28.3 Å². The summed E-state index contributed by atoms with van der Waals surface area (Å²) in [5, 5.41) is 0.684. The van der Waals surface area contributed by atoms with Gasteiger partial charge in [0.05, 0.1) is 35.4 Å². The number of benzene rings is 2. The van der Waals surface area contributed by atoms with Crippen molar-refractivity contribution in [3.05, 3.63) is 70.9 Å². The number of amides is 1. The normalized spacial score (nSPS) is 18.9. The molecular formula is C29H30N2O6S. The van der Waals surface area contributed by atoms with Gasteiger partial charge in [-0.3, -0.25) is 4.79 Å². The van der Waals surface area contributed by atoms with Crippen LogP contribution in [0.1, 0.15) is 46.9 Å². The summed E-state index contributed by atoms with van der Waals surface area (Å²) in [6.45, 7) is 1.71. The highest BCUT2D eigenvalue weighted by Crippen LogP contribution is 2.38. The van der Waals surface area contributed by atoms with Crippen LogP contribution in [0.5, 0.6) is 5.75 Å². The maximum absolute atomic E-state index is 13.4. The van der Waals surface area contributed by atoms with Crippen molar-refractivity contribution >= 4 is 44.3 Å². The van der Waals surface area contributed by atoms with Crippen LogP contribution in [0, 0.1) is 0 Å². The maximum atomic E-state index is 13.4. The van der Waals surface area contributed by atoms with Gasteiger partial charge in [0.25, 0.3) is 5.91 Å². The molecule has 1 aliphatic heterocycles. The third-order valence-corrected chi connectivity index (χ3v) is 8.99. The number of rotatable bonds is 7. The molecule has 38 heavy (non-hydrogen) atoms. The standard InChI is InChI=1S/C29H30N2O6S/c1-3-31(21-14-15-38(34,35)18-21)26(32)17-37-29(33)27-23-6-4-5-7-25(23)30-28-20(10-13-24(27)28)16-19-8-11-22(36-2)12-9-19/h4-9,11-12,16,21H,3,10,13-15,17-18H2,1-2H3/b20-16-. The number of hydrogen-bond donors (Lipinski definition) is 0. The van der Waals surface area contributed by atoms with Crippen molar-refractivity contribution in [1.82, 2.24) is 9.88 Å². The van der Waals surface area contributed by atoms with Crippen LogP contribution in [0.4, 0.5) is 0 Å². The van der Waals surface area contributed by atoms with E-state index in [0.29, 0.717) is 35.9 Å². The summed E-state index contributed by atoms with van der Waals surface area (Å²) in [6, 6.07) is 14.8. The maximum Gasteiger partial charge on any atom is 0.339 e. The minimum Gasteiger partial charge on any atom is -0.497 e. The Hall–Kier alpha value is -3.72. The monoisotopic (exact) mass is 534 g/mol. The van der Waals surface area contributed by atoms with E-state index in [9.17, 15) is 18.0 Å². The van der Waals surface area contributed by atoms with Gasteiger partial charge in [-0.1, -0.05) is 30.3 Å². The highest BCUT2D eigenvalue weighted by molar-refractivity contribution is 7.91. The molecule has 1 unspecified atom stereocenters. The molecule has 0 radical (unpaired) electrons. The van der Waals surface area contributed by atoms with Gasteiger partial charge in [-0.2, -0.15) is 0 Å². The van der Waals surface area contributed by atoms with E-state index in [2.05, 4.69) is 6.08 Å². The van der Waals surface area contributed by atoms with E-state index in [1.54, 1.807) is 14.0 Å². The smallest absolute Gasteiger partial charge is 0.339 e. The predicted molar refractivity (Wildman–Crippen MR) is 146 cm³/mol. The van der Waals surface area contributed by atoms with Crippen molar-refractivity contribution in [3.63, 3.8) is 0 Å². The number of methoxy groups -OCH3 is 1. The Morgan fingerprint density at radius 1 is 1.11 bits per heavy atom. The first-order chi connectivity index (χ1) is 18.3. The summed E-state index contributed by atoms with van der Waals surface area (Å²) in [6.07, 6.45) is 3.83. The Kier molecular flexibility index (Phi) is 7.21. The molecule has 1 saturated heterocycles. The average molecular weight is 535 g/mol. The number of likely N-dealkylation sites (N-methyl/N-ethyl adjacent to an activating group) is 1. The third-order valence-electron chi connectivity index (χ3n) is 7.24. The zero-order chi connectivity index (χ0) is 26.9. The number of esters is 1. The summed E-state index contributed by atoms with van der Waals surface area (Å²) in [5.41, 5.74) is 4.73. The van der Waals surface area contributed by atoms with E-state index in [-0.39, 0.29) is 17.5 Å². The van der Waals surface area contributed by atoms with Gasteiger partial charge in [-0.15, -0.1) is 0 Å². The van der Waals surface area contributed by atoms with Gasteiger partial charge < -0.3 is 14.4 Å². The number of aromatic nitrogens is 1. The first-order valence-corrected chi connectivity index (χ1v) is 14.6. The first-order valence-electron chi connectivity index (χ1n) is 12.7. The van der Waals surface area contributed by atoms with Gasteiger partial charge in [-0.05, 0) is 67.2 Å². The van der Waals surface area contributed by atoms with Gasteiger partial charge in [0, 0.05) is 18.0 Å². The van der Waals surface area contributed by atoms with E-state index in [0.717, 1.165) is 34.6 Å². The largest absolute Gasteiger partial charge is 0.497 e. The molecule has 2 aromatic carbocycles. The number of nitrogens with zero attached hydrogens (tertiary/aromatic N) is 2. The molecule has 2 aliphatic rings. The Labute approximate surface area is 222 Å². The summed E-state index contributed by atoms with van der Waals surface area (Å²) in [7, 11) is -1.51. The molecule has 1 aliphatic carbocycles. The van der Waals surface area contributed by atoms with Crippen molar-refractivity contribution in [2.75, 3.05) is 31.8 Å². The molecular weight excluding hydrogens is 504 g/mol. The number of ether oxygens (including phenoxy) is 2. The van der Waals surface area contributed by atoms with Gasteiger partial charge in [0.2, 0.25) is 0 Å². The predicted octanol–water partition coefficient (Wildman–Crippen LogP) is 3.92. The minimum atomic E-state index is -3.14. The van der Waals surface area contributed by atoms with Crippen LogP contribution in [-0.2, 0) is 25.8 Å². The number of fused-ring (bicyclic) bond motifs is 2. The molecule has 0 saturated carbocycles. The van der Waals surface area contributed by atoms with Gasteiger partial charge in [-0.25, -0.2) is 18.2 Å². The highest BCUT2D eigenvalue weighted by atomic mass is 32.2. The molecule has 198 valence electrons. The Morgan fingerprint density at radius 2 is 1.87 bits per heavy atom. The molecule has 1 amide bonds. The lowest BCUT2D eigenvalue weighted by Crippen LogP contribution is -2.43. The molecule has 0 spiro atoms. The van der Waals surface area contributed by atoms with Crippen molar-refractivity contribution < 1.29 is 27.5 Å². The second-order valence-corrected chi connectivity index (χ2v) is 11.8. The summed E-state index contributed by atoms with van der Waals surface area (Å²) >= 11 is 0. The molecule has 8 nitrogen and oxygen atoms in total. The SMILES string of the molecule is CCN(C(=O)COC(=O)c1c2c(nc3ccccc13)/C(=C\c1ccc(OC)cc1)CC2)C1CCS(=O)(=O)C1. The average Bonchev–Trinajstić information content (AvgIpc) is 3.48. The number of carbonyl (C=O) groups excluding carboxylic acids is 2. The van der Waals surface area contributed by atoms with Crippen molar-refractivity contribution in [2.24, 2.45) is 0 Å². The van der Waals surface area contributed by atoms with Crippen LogP contribution in [0.25, 0.3) is 22.6 Å². The summed E-state index contributed by atoms with van der Waals surface area (Å²) in [4.78, 5) is 32.8. The fourth-order valence-electron chi connectivity index (χ4n) is 5.36. The van der Waals surface area contributed by atoms with E-state index in [1.165, 1.54) is 4.90 Å².